The van der Waals surface area contributed by atoms with Crippen molar-refractivity contribution in [2.75, 3.05) is 139 Å². The molecule has 0 radical (unpaired) electrons. The third kappa shape index (κ3) is 40.3. The molecule has 0 aliphatic carbocycles. The lowest BCUT2D eigenvalue weighted by Crippen LogP contribution is -2.38. The summed E-state index contributed by atoms with van der Waals surface area (Å²) < 4.78 is 56.2. The summed E-state index contributed by atoms with van der Waals surface area (Å²) in [5.41, 5.74) is 0. The summed E-state index contributed by atoms with van der Waals surface area (Å²) in [6.45, 7) is -2.79. The van der Waals surface area contributed by atoms with Gasteiger partial charge in [-0.25, -0.2) is 0 Å². The second-order valence-corrected chi connectivity index (χ2v) is 17.5. The van der Waals surface area contributed by atoms with E-state index in [-0.39, 0.29) is 79.3 Å². The maximum absolute atomic E-state index is 9.88. The van der Waals surface area contributed by atoms with Crippen LogP contribution >= 0.6 is 0 Å². The van der Waals surface area contributed by atoms with Crippen LogP contribution in [0.1, 0.15) is 110 Å². The van der Waals surface area contributed by atoms with Gasteiger partial charge in [-0.05, 0) is 6.42 Å². The first-order valence-corrected chi connectivity index (χ1v) is 25.6. The lowest BCUT2D eigenvalue weighted by atomic mass is 10.0. The predicted molar refractivity (Wildman–Crippen MR) is 255 cm³/mol. The molecule has 0 heterocycles. The van der Waals surface area contributed by atoms with Gasteiger partial charge < -0.3 is 104 Å². The molecule has 0 rings (SSSR count). The minimum atomic E-state index is -1.12. The molecule has 0 amide bonds. The number of rotatable bonds is 56. The molecule has 0 fully saturated rings. The van der Waals surface area contributed by atoms with E-state index < -0.39 is 114 Å². The third-order valence-electron chi connectivity index (χ3n) is 11.2. The number of hydrogen-bond donors (Lipinski definition) is 11. The largest absolute Gasteiger partial charge is 0.394 e. The quantitative estimate of drug-likeness (QED) is 0.0358. The molecule has 11 N–H and O–H groups in total. The fourth-order valence-corrected chi connectivity index (χ4v) is 6.60. The van der Waals surface area contributed by atoms with E-state index in [2.05, 4.69) is 6.92 Å². The summed E-state index contributed by atoms with van der Waals surface area (Å²) in [6.07, 6.45) is 12.2. The summed E-state index contributed by atoms with van der Waals surface area (Å²) in [5, 5.41) is 106. The molecular formula is C48H98O21. The van der Waals surface area contributed by atoms with Crippen molar-refractivity contribution in [3.8, 4) is 0 Å². The Hall–Kier alpha value is -0.840. The highest BCUT2D eigenvalue weighted by Gasteiger charge is 2.22. The molecule has 0 aromatic carbocycles. The Kier molecular flexibility index (Phi) is 50.1. The van der Waals surface area contributed by atoms with Crippen LogP contribution in [0.25, 0.3) is 0 Å². The minimum Gasteiger partial charge on any atom is -0.394 e. The molecule has 10 unspecified atom stereocenters. The molecule has 0 aromatic rings. The molecule has 21 heteroatoms. The van der Waals surface area contributed by atoms with Crippen molar-refractivity contribution < 1.29 is 104 Å². The average molecular weight is 1010 g/mol. The molecule has 0 saturated carbocycles. The van der Waals surface area contributed by atoms with E-state index in [1.807, 2.05) is 0 Å². The van der Waals surface area contributed by atoms with Crippen LogP contribution in [-0.2, 0) is 47.4 Å². The first-order valence-electron chi connectivity index (χ1n) is 25.6. The fraction of sp³-hybridized carbons (Fsp3) is 1.00. The van der Waals surface area contributed by atoms with Crippen molar-refractivity contribution >= 4 is 0 Å². The summed E-state index contributed by atoms with van der Waals surface area (Å²) in [5.74, 6) is 0. The van der Waals surface area contributed by atoms with Crippen LogP contribution in [0.3, 0.4) is 0 Å². The van der Waals surface area contributed by atoms with Gasteiger partial charge >= 0.3 is 0 Å². The van der Waals surface area contributed by atoms with Crippen molar-refractivity contribution in [1.29, 1.82) is 0 Å². The van der Waals surface area contributed by atoms with E-state index in [0.29, 0.717) is 6.61 Å². The third-order valence-corrected chi connectivity index (χ3v) is 11.2. The van der Waals surface area contributed by atoms with E-state index in [0.717, 1.165) is 12.8 Å². The smallest absolute Gasteiger partial charge is 0.104 e. The van der Waals surface area contributed by atoms with E-state index in [1.54, 1.807) is 0 Å². The van der Waals surface area contributed by atoms with E-state index in [4.69, 9.17) is 52.5 Å². The van der Waals surface area contributed by atoms with Crippen LogP contribution in [-0.4, -0.2) is 256 Å². The molecular weight excluding hydrogens is 913 g/mol. The topological polar surface area (TPSA) is 315 Å². The Morgan fingerprint density at radius 1 is 0.246 bits per heavy atom. The monoisotopic (exact) mass is 1010 g/mol. The van der Waals surface area contributed by atoms with Crippen molar-refractivity contribution in [2.24, 2.45) is 0 Å². The highest BCUT2D eigenvalue weighted by molar-refractivity contribution is 4.68. The number of ether oxygens (including phenoxy) is 10. The van der Waals surface area contributed by atoms with Gasteiger partial charge in [-0.3, -0.25) is 0 Å². The summed E-state index contributed by atoms with van der Waals surface area (Å²) >= 11 is 0. The van der Waals surface area contributed by atoms with Crippen LogP contribution in [0.2, 0.25) is 0 Å². The van der Waals surface area contributed by atoms with Gasteiger partial charge in [0.25, 0.3) is 0 Å². The van der Waals surface area contributed by atoms with Gasteiger partial charge in [-0.2, -0.15) is 0 Å². The Bertz CT molecular complexity index is 1030. The second-order valence-electron chi connectivity index (χ2n) is 17.5. The maximum Gasteiger partial charge on any atom is 0.104 e. The van der Waals surface area contributed by atoms with Crippen molar-refractivity contribution in [3.63, 3.8) is 0 Å². The number of aliphatic hydroxyl groups is 11. The van der Waals surface area contributed by atoms with Gasteiger partial charge in [0.2, 0.25) is 0 Å². The highest BCUT2D eigenvalue weighted by atomic mass is 16.6. The zero-order chi connectivity index (χ0) is 51.0. The number of aliphatic hydroxyl groups excluding tert-OH is 11. The SMILES string of the molecule is CCCCCCCCCCCCCCCCCCOCC(CO)OCC(CO)OCC(CO)OCC(CO)OCC(CO)OCC(CO)OCC(CO)OCC(CO)OCC(CO)OCC(O)CO. The van der Waals surface area contributed by atoms with Crippen LogP contribution in [0.15, 0.2) is 0 Å². The fourth-order valence-electron chi connectivity index (χ4n) is 6.60. The number of unbranched alkanes of at least 4 members (excludes halogenated alkanes) is 15. The van der Waals surface area contributed by atoms with Crippen molar-refractivity contribution in [1.82, 2.24) is 0 Å². The predicted octanol–water partition coefficient (Wildman–Crippen LogP) is 0.0152. The van der Waals surface area contributed by atoms with Gasteiger partial charge in [0.05, 0.1) is 132 Å². The first kappa shape index (κ1) is 68.2. The highest BCUT2D eigenvalue weighted by Crippen LogP contribution is 2.14. The molecule has 10 atom stereocenters. The summed E-state index contributed by atoms with van der Waals surface area (Å²) in [7, 11) is 0. The van der Waals surface area contributed by atoms with Crippen LogP contribution in [0.4, 0.5) is 0 Å². The molecule has 0 aliphatic rings. The Morgan fingerprint density at radius 3 is 0.667 bits per heavy atom. The van der Waals surface area contributed by atoms with Crippen molar-refractivity contribution in [3.05, 3.63) is 0 Å². The van der Waals surface area contributed by atoms with Gasteiger partial charge in [-0.15, -0.1) is 0 Å². The zero-order valence-corrected chi connectivity index (χ0v) is 41.9. The molecule has 0 bridgehead atoms. The molecule has 0 aliphatic heterocycles. The van der Waals surface area contributed by atoms with Gasteiger partial charge in [-0.1, -0.05) is 103 Å². The molecule has 69 heavy (non-hydrogen) atoms. The van der Waals surface area contributed by atoms with Crippen LogP contribution in [0, 0.1) is 0 Å². The van der Waals surface area contributed by atoms with E-state index in [9.17, 15) is 51.1 Å². The van der Waals surface area contributed by atoms with Crippen molar-refractivity contribution in [2.45, 2.75) is 171 Å². The average Bonchev–Trinajstić information content (AvgIpc) is 3.38. The lowest BCUT2D eigenvalue weighted by molar-refractivity contribution is -0.148. The second kappa shape index (κ2) is 50.7. The standard InChI is InChI=1S/C48H98O21/c1-2-3-4-5-6-7-8-9-10-11-12-13-14-15-16-17-18-60-30-40(20-50)62-32-42(22-52)64-34-44(24-54)66-36-46(26-56)68-38-48(28-58)69-37-47(27-57)67-35-45(25-55)65-33-43(23-53)63-31-41(21-51)61-29-39(59)19-49/h39-59H,2-38H2,1H3. The lowest BCUT2D eigenvalue weighted by Gasteiger charge is -2.26. The molecule has 0 aromatic heterocycles. The number of hydrogen-bond acceptors (Lipinski definition) is 21. The maximum atomic E-state index is 9.88. The Labute approximate surface area is 412 Å². The Balaban J connectivity index is 4.38. The summed E-state index contributed by atoms with van der Waals surface area (Å²) in [6, 6.07) is 0. The van der Waals surface area contributed by atoms with Gasteiger partial charge in [0, 0.05) is 6.61 Å². The molecule has 0 saturated heterocycles. The van der Waals surface area contributed by atoms with Gasteiger partial charge in [0.1, 0.15) is 61.0 Å². The molecule has 0 spiro atoms. The first-order chi connectivity index (χ1) is 33.7. The Morgan fingerprint density at radius 2 is 0.449 bits per heavy atom. The minimum absolute atomic E-state index is 0.0303. The summed E-state index contributed by atoms with van der Waals surface area (Å²) in [4.78, 5) is 0. The zero-order valence-electron chi connectivity index (χ0n) is 41.9. The normalized spacial score (nSPS) is 16.5. The van der Waals surface area contributed by atoms with Gasteiger partial charge in [0.15, 0.2) is 0 Å². The van der Waals surface area contributed by atoms with Crippen LogP contribution < -0.4 is 0 Å². The molecule has 416 valence electrons. The molecule has 21 nitrogen and oxygen atoms in total. The van der Waals surface area contributed by atoms with E-state index in [1.165, 1.54) is 89.9 Å². The van der Waals surface area contributed by atoms with Crippen LogP contribution in [0.5, 0.6) is 0 Å². The van der Waals surface area contributed by atoms with E-state index >= 15 is 0 Å².